The standard InChI is InChI=1S/C25H26N6O3S/c1-4-34-24(33)14(2)10-17-6-5-7-18(29-17)13-35-25-30-22(20(12-26)23(28)31-25)19-9-8-16(15(3)32)11-21(19)27/h5-9,11,14H,4,10,13,27H2,1-3H3,(H2,28,30,31). The third-order valence-electron chi connectivity index (χ3n) is 5.16. The molecule has 4 N–H and O–H groups in total. The second-order valence-electron chi connectivity index (χ2n) is 7.85. The van der Waals surface area contributed by atoms with E-state index in [1.165, 1.54) is 18.7 Å². The number of ketones is 1. The molecule has 180 valence electrons. The number of nitriles is 1. The monoisotopic (exact) mass is 490 g/mol. The van der Waals surface area contributed by atoms with Crippen molar-refractivity contribution in [3.63, 3.8) is 0 Å². The highest BCUT2D eigenvalue weighted by atomic mass is 32.2. The first kappa shape index (κ1) is 25.6. The molecule has 1 unspecified atom stereocenters. The van der Waals surface area contributed by atoms with Crippen LogP contribution in [0.2, 0.25) is 0 Å². The van der Waals surface area contributed by atoms with Gasteiger partial charge in [0, 0.05) is 34.7 Å². The zero-order valence-corrected chi connectivity index (χ0v) is 20.6. The molecule has 0 aliphatic carbocycles. The average molecular weight is 491 g/mol. The molecule has 10 heteroatoms. The molecule has 0 amide bonds. The molecule has 2 heterocycles. The summed E-state index contributed by atoms with van der Waals surface area (Å²) in [7, 11) is 0. The minimum Gasteiger partial charge on any atom is -0.466 e. The molecule has 0 bridgehead atoms. The van der Waals surface area contributed by atoms with E-state index < -0.39 is 0 Å². The third kappa shape index (κ3) is 6.33. The van der Waals surface area contributed by atoms with E-state index in [0.717, 1.165) is 11.4 Å². The Morgan fingerprint density at radius 1 is 1.14 bits per heavy atom. The lowest BCUT2D eigenvalue weighted by Crippen LogP contribution is -2.17. The molecule has 3 rings (SSSR count). The van der Waals surface area contributed by atoms with Crippen molar-refractivity contribution in [1.82, 2.24) is 15.0 Å². The van der Waals surface area contributed by atoms with Crippen LogP contribution in [0, 0.1) is 17.2 Å². The van der Waals surface area contributed by atoms with Crippen LogP contribution < -0.4 is 11.5 Å². The lowest BCUT2D eigenvalue weighted by molar-refractivity contribution is -0.147. The van der Waals surface area contributed by atoms with Crippen molar-refractivity contribution in [2.45, 2.75) is 38.1 Å². The van der Waals surface area contributed by atoms with Gasteiger partial charge in [0.05, 0.1) is 23.9 Å². The molecule has 3 aromatic rings. The number of esters is 1. The van der Waals surface area contributed by atoms with E-state index in [1.807, 2.05) is 31.2 Å². The van der Waals surface area contributed by atoms with Gasteiger partial charge in [-0.1, -0.05) is 30.8 Å². The number of Topliss-reactive ketones (excluding diaryl/α,β-unsaturated/α-hetero) is 1. The highest BCUT2D eigenvalue weighted by Gasteiger charge is 2.18. The van der Waals surface area contributed by atoms with Crippen LogP contribution in [0.4, 0.5) is 11.5 Å². The Morgan fingerprint density at radius 2 is 1.89 bits per heavy atom. The number of carbonyl (C=O) groups excluding carboxylic acids is 2. The first-order valence-electron chi connectivity index (χ1n) is 11.0. The summed E-state index contributed by atoms with van der Waals surface area (Å²) in [5.41, 5.74) is 15.5. The van der Waals surface area contributed by atoms with Crippen molar-refractivity contribution < 1.29 is 14.3 Å². The second-order valence-corrected chi connectivity index (χ2v) is 8.79. The van der Waals surface area contributed by atoms with Crippen LogP contribution in [0.5, 0.6) is 0 Å². The number of pyridine rings is 1. The number of anilines is 2. The summed E-state index contributed by atoms with van der Waals surface area (Å²) in [5, 5.41) is 9.97. The summed E-state index contributed by atoms with van der Waals surface area (Å²) < 4.78 is 5.07. The number of hydrogen-bond donors (Lipinski definition) is 2. The van der Waals surface area contributed by atoms with Gasteiger partial charge in [-0.2, -0.15) is 5.26 Å². The van der Waals surface area contributed by atoms with Crippen LogP contribution in [0.15, 0.2) is 41.6 Å². The van der Waals surface area contributed by atoms with Gasteiger partial charge in [0.2, 0.25) is 0 Å². The van der Waals surface area contributed by atoms with Crippen molar-refractivity contribution in [2.24, 2.45) is 5.92 Å². The topological polar surface area (TPSA) is 158 Å². The summed E-state index contributed by atoms with van der Waals surface area (Å²) in [6, 6.07) is 12.5. The Morgan fingerprint density at radius 3 is 2.54 bits per heavy atom. The Kier molecular flexibility index (Phi) is 8.39. The van der Waals surface area contributed by atoms with Gasteiger partial charge in [-0.25, -0.2) is 9.97 Å². The molecule has 35 heavy (non-hydrogen) atoms. The van der Waals surface area contributed by atoms with Gasteiger partial charge < -0.3 is 16.2 Å². The number of rotatable bonds is 9. The molecule has 0 aliphatic rings. The number of ether oxygens (including phenoxy) is 1. The van der Waals surface area contributed by atoms with Crippen LogP contribution in [-0.4, -0.2) is 33.3 Å². The quantitative estimate of drug-likeness (QED) is 0.148. The van der Waals surface area contributed by atoms with Crippen molar-refractivity contribution in [3.8, 4) is 17.3 Å². The molecule has 9 nitrogen and oxygen atoms in total. The van der Waals surface area contributed by atoms with Crippen molar-refractivity contribution in [3.05, 3.63) is 58.9 Å². The lowest BCUT2D eigenvalue weighted by Gasteiger charge is -2.12. The molecular weight excluding hydrogens is 464 g/mol. The molecule has 0 radical (unpaired) electrons. The molecule has 0 spiro atoms. The van der Waals surface area contributed by atoms with E-state index >= 15 is 0 Å². The van der Waals surface area contributed by atoms with E-state index in [9.17, 15) is 14.9 Å². The average Bonchev–Trinajstić information content (AvgIpc) is 2.82. The van der Waals surface area contributed by atoms with Gasteiger partial charge in [0.15, 0.2) is 10.9 Å². The van der Waals surface area contributed by atoms with Crippen LogP contribution in [0.1, 0.15) is 48.1 Å². The second kappa shape index (κ2) is 11.4. The number of hydrogen-bond acceptors (Lipinski definition) is 10. The number of carbonyl (C=O) groups is 2. The third-order valence-corrected chi connectivity index (χ3v) is 6.04. The molecule has 1 atom stereocenters. The zero-order valence-electron chi connectivity index (χ0n) is 19.7. The van der Waals surface area contributed by atoms with Crippen LogP contribution in [0.3, 0.4) is 0 Å². The SMILES string of the molecule is CCOC(=O)C(C)Cc1cccc(CSc2nc(N)c(C#N)c(-c3ccc(C(C)=O)cc3N)n2)n1. The smallest absolute Gasteiger partial charge is 0.309 e. The lowest BCUT2D eigenvalue weighted by atomic mass is 10.0. The Bertz CT molecular complexity index is 1300. The molecule has 2 aromatic heterocycles. The summed E-state index contributed by atoms with van der Waals surface area (Å²) in [5.74, 6) is -0.174. The summed E-state index contributed by atoms with van der Waals surface area (Å²) in [4.78, 5) is 37.0. The van der Waals surface area contributed by atoms with Gasteiger partial charge >= 0.3 is 5.97 Å². The van der Waals surface area contributed by atoms with Crippen molar-refractivity contribution in [2.75, 3.05) is 18.1 Å². The van der Waals surface area contributed by atoms with Gasteiger partial charge in [-0.3, -0.25) is 14.6 Å². The first-order valence-corrected chi connectivity index (χ1v) is 11.9. The molecule has 0 saturated heterocycles. The predicted octanol–water partition coefficient (Wildman–Crippen LogP) is 3.81. The first-order chi connectivity index (χ1) is 16.7. The molecular formula is C25H26N6O3S. The summed E-state index contributed by atoms with van der Waals surface area (Å²) >= 11 is 1.31. The van der Waals surface area contributed by atoms with Crippen LogP contribution in [0.25, 0.3) is 11.3 Å². The van der Waals surface area contributed by atoms with Crippen LogP contribution in [-0.2, 0) is 21.7 Å². The molecule has 0 fully saturated rings. The summed E-state index contributed by atoms with van der Waals surface area (Å²) in [6.07, 6.45) is 0.470. The minimum absolute atomic E-state index is 0.0417. The van der Waals surface area contributed by atoms with E-state index in [4.69, 9.17) is 16.2 Å². The highest BCUT2D eigenvalue weighted by Crippen LogP contribution is 2.32. The number of aromatic nitrogens is 3. The fourth-order valence-electron chi connectivity index (χ4n) is 3.37. The normalized spacial score (nSPS) is 11.5. The highest BCUT2D eigenvalue weighted by molar-refractivity contribution is 7.98. The predicted molar refractivity (Wildman–Crippen MR) is 134 cm³/mol. The zero-order chi connectivity index (χ0) is 25.5. The maximum atomic E-state index is 11.9. The summed E-state index contributed by atoms with van der Waals surface area (Å²) in [6.45, 7) is 5.38. The Hall–Kier alpha value is -3.97. The molecule has 0 aliphatic heterocycles. The van der Waals surface area contributed by atoms with Gasteiger partial charge in [-0.05, 0) is 38.1 Å². The fraction of sp³-hybridized carbons (Fsp3) is 0.280. The number of nitrogen functional groups attached to an aromatic ring is 2. The Labute approximate surface area is 207 Å². The van der Waals surface area contributed by atoms with Crippen LogP contribution >= 0.6 is 11.8 Å². The number of nitrogens with zero attached hydrogens (tertiary/aromatic N) is 4. The van der Waals surface area contributed by atoms with E-state index in [1.54, 1.807) is 25.1 Å². The maximum absolute atomic E-state index is 11.9. The number of nitrogens with two attached hydrogens (primary N) is 2. The Balaban J connectivity index is 1.83. The number of thioether (sulfide) groups is 1. The molecule has 1 aromatic carbocycles. The van der Waals surface area contributed by atoms with Gasteiger partial charge in [-0.15, -0.1) is 0 Å². The van der Waals surface area contributed by atoms with Gasteiger partial charge in [0.25, 0.3) is 0 Å². The van der Waals surface area contributed by atoms with Gasteiger partial charge in [0.1, 0.15) is 17.5 Å². The minimum atomic E-state index is -0.297. The van der Waals surface area contributed by atoms with E-state index in [0.29, 0.717) is 46.4 Å². The number of benzene rings is 1. The largest absolute Gasteiger partial charge is 0.466 e. The fourth-order valence-corrected chi connectivity index (χ4v) is 4.12. The maximum Gasteiger partial charge on any atom is 0.309 e. The molecule has 0 saturated carbocycles. The van der Waals surface area contributed by atoms with Crippen molar-refractivity contribution in [1.29, 1.82) is 5.26 Å². The van der Waals surface area contributed by atoms with Crippen molar-refractivity contribution >= 4 is 35.0 Å². The van der Waals surface area contributed by atoms with E-state index in [-0.39, 0.29) is 29.1 Å². The van der Waals surface area contributed by atoms with E-state index in [2.05, 4.69) is 15.0 Å².